The minimum absolute atomic E-state index is 0.0133. The van der Waals surface area contributed by atoms with Crippen molar-refractivity contribution in [3.63, 3.8) is 0 Å². The quantitative estimate of drug-likeness (QED) is 0.735. The van der Waals surface area contributed by atoms with Crippen LogP contribution in [-0.4, -0.2) is 49.8 Å². The fourth-order valence-corrected chi connectivity index (χ4v) is 4.94. The second-order valence-corrected chi connectivity index (χ2v) is 9.74. The first kappa shape index (κ1) is 20.8. The number of hydrogen-bond donors (Lipinski definition) is 1. The number of benzene rings is 2. The number of carbonyl (C=O) groups excluding carboxylic acids is 1. The fraction of sp³-hybridized carbons (Fsp3) is 0.350. The van der Waals surface area contributed by atoms with E-state index in [1.165, 1.54) is 4.31 Å². The molecule has 1 saturated heterocycles. The first-order valence-corrected chi connectivity index (χ1v) is 11.6. The van der Waals surface area contributed by atoms with Gasteiger partial charge in [-0.25, -0.2) is 13.2 Å². The zero-order valence-corrected chi connectivity index (χ0v) is 18.1. The molecule has 0 spiro atoms. The first-order chi connectivity index (χ1) is 13.3. The SMILES string of the molecule is CC(NC(=O)N1CCN(S(=O)(=O)Cc2ccccc2)CC1)c1ccc(Br)cc1. The van der Waals surface area contributed by atoms with Gasteiger partial charge in [-0.1, -0.05) is 58.4 Å². The normalized spacial score (nSPS) is 16.6. The van der Waals surface area contributed by atoms with Gasteiger partial charge in [-0.3, -0.25) is 0 Å². The Balaban J connectivity index is 1.53. The van der Waals surface area contributed by atoms with Crippen LogP contribution >= 0.6 is 15.9 Å². The van der Waals surface area contributed by atoms with E-state index >= 15 is 0 Å². The molecule has 0 radical (unpaired) electrons. The van der Waals surface area contributed by atoms with Crippen molar-refractivity contribution in [3.05, 3.63) is 70.2 Å². The Morgan fingerprint density at radius 3 is 2.25 bits per heavy atom. The lowest BCUT2D eigenvalue weighted by Gasteiger charge is -2.34. The molecule has 1 atom stereocenters. The fourth-order valence-electron chi connectivity index (χ4n) is 3.16. The highest BCUT2D eigenvalue weighted by Gasteiger charge is 2.29. The molecule has 1 aliphatic rings. The third-order valence-corrected chi connectivity index (χ3v) is 7.20. The number of sulfonamides is 1. The van der Waals surface area contributed by atoms with E-state index in [-0.39, 0.29) is 17.8 Å². The molecule has 8 heteroatoms. The lowest BCUT2D eigenvalue weighted by molar-refractivity contribution is 0.169. The van der Waals surface area contributed by atoms with Crippen molar-refractivity contribution in [3.8, 4) is 0 Å². The highest BCUT2D eigenvalue weighted by molar-refractivity contribution is 9.10. The summed E-state index contributed by atoms with van der Waals surface area (Å²) in [6.45, 7) is 3.33. The Morgan fingerprint density at radius 1 is 1.04 bits per heavy atom. The van der Waals surface area contributed by atoms with Crippen molar-refractivity contribution in [1.82, 2.24) is 14.5 Å². The maximum atomic E-state index is 12.6. The smallest absolute Gasteiger partial charge is 0.317 e. The zero-order chi connectivity index (χ0) is 20.1. The molecule has 1 fully saturated rings. The van der Waals surface area contributed by atoms with E-state index in [4.69, 9.17) is 0 Å². The van der Waals surface area contributed by atoms with Crippen LogP contribution in [0, 0.1) is 0 Å². The van der Waals surface area contributed by atoms with Crippen LogP contribution in [0.15, 0.2) is 59.1 Å². The maximum absolute atomic E-state index is 12.6. The number of hydrogen-bond acceptors (Lipinski definition) is 3. The Morgan fingerprint density at radius 2 is 1.64 bits per heavy atom. The van der Waals surface area contributed by atoms with Gasteiger partial charge in [0.25, 0.3) is 0 Å². The average molecular weight is 466 g/mol. The minimum atomic E-state index is -3.39. The molecule has 28 heavy (non-hydrogen) atoms. The van der Waals surface area contributed by atoms with Gasteiger partial charge in [-0.15, -0.1) is 0 Å². The summed E-state index contributed by atoms with van der Waals surface area (Å²) in [7, 11) is -3.39. The lowest BCUT2D eigenvalue weighted by atomic mass is 10.1. The number of urea groups is 1. The summed E-state index contributed by atoms with van der Waals surface area (Å²) in [6, 6.07) is 16.7. The van der Waals surface area contributed by atoms with E-state index < -0.39 is 10.0 Å². The molecule has 1 N–H and O–H groups in total. The average Bonchev–Trinajstić information content (AvgIpc) is 2.69. The number of nitrogens with one attached hydrogen (secondary N) is 1. The maximum Gasteiger partial charge on any atom is 0.317 e. The molecule has 1 unspecified atom stereocenters. The molecule has 1 heterocycles. The van der Waals surface area contributed by atoms with Gasteiger partial charge >= 0.3 is 6.03 Å². The molecular formula is C20H24BrN3O3S. The molecule has 0 aromatic heterocycles. The summed E-state index contributed by atoms with van der Waals surface area (Å²) in [6.07, 6.45) is 0. The van der Waals surface area contributed by atoms with Crippen molar-refractivity contribution >= 4 is 32.0 Å². The Bertz CT molecular complexity index is 896. The highest BCUT2D eigenvalue weighted by atomic mass is 79.9. The molecule has 0 aliphatic carbocycles. The van der Waals surface area contributed by atoms with E-state index in [0.29, 0.717) is 26.2 Å². The van der Waals surface area contributed by atoms with Crippen LogP contribution in [0.25, 0.3) is 0 Å². The first-order valence-electron chi connectivity index (χ1n) is 9.18. The van der Waals surface area contributed by atoms with Gasteiger partial charge in [0.1, 0.15) is 0 Å². The van der Waals surface area contributed by atoms with Gasteiger partial charge in [0.05, 0.1) is 11.8 Å². The van der Waals surface area contributed by atoms with Crippen LogP contribution in [0.1, 0.15) is 24.1 Å². The molecule has 2 aromatic carbocycles. The van der Waals surface area contributed by atoms with E-state index in [1.54, 1.807) is 4.90 Å². The molecule has 2 amide bonds. The Labute approximate surface area is 174 Å². The largest absolute Gasteiger partial charge is 0.331 e. The van der Waals surface area contributed by atoms with Gasteiger partial charge < -0.3 is 10.2 Å². The number of piperazine rings is 1. The zero-order valence-electron chi connectivity index (χ0n) is 15.7. The van der Waals surface area contributed by atoms with Gasteiger partial charge in [-0.05, 0) is 30.2 Å². The van der Waals surface area contributed by atoms with E-state index in [2.05, 4.69) is 21.2 Å². The summed E-state index contributed by atoms with van der Waals surface area (Å²) < 4.78 is 27.7. The van der Waals surface area contributed by atoms with Crippen LogP contribution < -0.4 is 5.32 Å². The molecule has 0 saturated carbocycles. The van der Waals surface area contributed by atoms with Crippen LogP contribution in [0.3, 0.4) is 0 Å². The van der Waals surface area contributed by atoms with Crippen molar-refractivity contribution in [2.75, 3.05) is 26.2 Å². The highest BCUT2D eigenvalue weighted by Crippen LogP contribution is 2.18. The Kier molecular flexibility index (Phi) is 6.74. The monoisotopic (exact) mass is 465 g/mol. The number of amides is 2. The van der Waals surface area contributed by atoms with Crippen molar-refractivity contribution in [2.24, 2.45) is 0 Å². The van der Waals surface area contributed by atoms with Crippen LogP contribution in [0.2, 0.25) is 0 Å². The third-order valence-electron chi connectivity index (χ3n) is 4.82. The summed E-state index contributed by atoms with van der Waals surface area (Å²) in [5, 5.41) is 2.98. The van der Waals surface area contributed by atoms with Crippen LogP contribution in [-0.2, 0) is 15.8 Å². The Hall–Kier alpha value is -1.90. The van der Waals surface area contributed by atoms with Gasteiger partial charge in [0, 0.05) is 30.7 Å². The summed E-state index contributed by atoms with van der Waals surface area (Å²) >= 11 is 3.40. The van der Waals surface area contributed by atoms with E-state index in [1.807, 2.05) is 61.5 Å². The number of halogens is 1. The van der Waals surface area contributed by atoms with Gasteiger partial charge in [0.2, 0.25) is 10.0 Å². The molecule has 6 nitrogen and oxygen atoms in total. The molecule has 2 aromatic rings. The molecule has 0 bridgehead atoms. The standard InChI is InChI=1S/C20H24BrN3O3S/c1-16(18-7-9-19(21)10-8-18)22-20(25)23-11-13-24(14-12-23)28(26,27)15-17-5-3-2-4-6-17/h2-10,16H,11-15H2,1H3,(H,22,25). The van der Waals surface area contributed by atoms with Crippen LogP contribution in [0.5, 0.6) is 0 Å². The van der Waals surface area contributed by atoms with E-state index in [0.717, 1.165) is 15.6 Å². The summed E-state index contributed by atoms with van der Waals surface area (Å²) in [4.78, 5) is 14.2. The summed E-state index contributed by atoms with van der Waals surface area (Å²) in [5.74, 6) is -0.0133. The van der Waals surface area contributed by atoms with Crippen LogP contribution in [0.4, 0.5) is 4.79 Å². The second kappa shape index (κ2) is 9.07. The van der Waals surface area contributed by atoms with Crippen molar-refractivity contribution in [1.29, 1.82) is 0 Å². The third kappa shape index (κ3) is 5.33. The topological polar surface area (TPSA) is 69.7 Å². The van der Waals surface area contributed by atoms with E-state index in [9.17, 15) is 13.2 Å². The predicted octanol–water partition coefficient (Wildman–Crippen LogP) is 3.37. The number of carbonyl (C=O) groups is 1. The number of nitrogens with zero attached hydrogens (tertiary/aromatic N) is 2. The minimum Gasteiger partial charge on any atom is -0.331 e. The molecule has 1 aliphatic heterocycles. The molecule has 3 rings (SSSR count). The lowest BCUT2D eigenvalue weighted by Crippen LogP contribution is -2.53. The van der Waals surface area contributed by atoms with Gasteiger partial charge in [0.15, 0.2) is 0 Å². The van der Waals surface area contributed by atoms with Crippen molar-refractivity contribution in [2.45, 2.75) is 18.7 Å². The van der Waals surface area contributed by atoms with Crippen molar-refractivity contribution < 1.29 is 13.2 Å². The summed E-state index contributed by atoms with van der Waals surface area (Å²) in [5.41, 5.74) is 1.78. The second-order valence-electron chi connectivity index (χ2n) is 6.85. The van der Waals surface area contributed by atoms with Gasteiger partial charge in [-0.2, -0.15) is 4.31 Å². The molecule has 150 valence electrons. The number of rotatable bonds is 5. The predicted molar refractivity (Wildman–Crippen MR) is 113 cm³/mol. The molecular weight excluding hydrogens is 442 g/mol.